The first-order valence-corrected chi connectivity index (χ1v) is 6.57. The highest BCUT2D eigenvalue weighted by Gasteiger charge is 2.08. The lowest BCUT2D eigenvalue weighted by Crippen LogP contribution is -2.31. The lowest BCUT2D eigenvalue weighted by atomic mass is 10.2. The fraction of sp³-hybridized carbons (Fsp3) is 0.429. The molecule has 6 nitrogen and oxygen atoms in total. The molecule has 0 saturated heterocycles. The number of esters is 1. The summed E-state index contributed by atoms with van der Waals surface area (Å²) in [5, 5.41) is 5.29. The number of hydrogen-bond acceptors (Lipinski definition) is 4. The van der Waals surface area contributed by atoms with Crippen LogP contribution in [0, 0.1) is 0 Å². The smallest absolute Gasteiger partial charge is 0.338 e. The average molecular weight is 280 g/mol. The number of hydrogen-bond donors (Lipinski definition) is 2. The zero-order valence-electron chi connectivity index (χ0n) is 11.8. The molecule has 0 aliphatic heterocycles. The zero-order chi connectivity index (χ0) is 14.8. The molecule has 2 N–H and O–H groups in total. The van der Waals surface area contributed by atoms with Gasteiger partial charge in [0.05, 0.1) is 18.8 Å². The van der Waals surface area contributed by atoms with E-state index in [4.69, 9.17) is 9.47 Å². The van der Waals surface area contributed by atoms with Gasteiger partial charge in [0, 0.05) is 18.8 Å². The Hall–Kier alpha value is -2.08. The molecule has 0 saturated carbocycles. The number of carbonyl (C=O) groups excluding carboxylic acids is 2. The number of amides is 2. The van der Waals surface area contributed by atoms with Crippen LogP contribution in [0.1, 0.15) is 24.2 Å². The normalized spacial score (nSPS) is 9.90. The minimum atomic E-state index is -0.409. The summed E-state index contributed by atoms with van der Waals surface area (Å²) in [6.45, 7) is 5.45. The summed E-state index contributed by atoms with van der Waals surface area (Å²) in [5.41, 5.74) is 0.934. The van der Waals surface area contributed by atoms with Crippen molar-refractivity contribution in [2.75, 3.05) is 31.7 Å². The van der Waals surface area contributed by atoms with Gasteiger partial charge >= 0.3 is 12.0 Å². The number of rotatable bonds is 7. The molecular weight excluding hydrogens is 260 g/mol. The molecule has 1 aromatic rings. The SMILES string of the molecule is CCOCCNC(=O)Nc1cccc(C(=O)OCC)c1. The van der Waals surface area contributed by atoms with Gasteiger partial charge in [0.15, 0.2) is 0 Å². The van der Waals surface area contributed by atoms with Gasteiger partial charge in [-0.3, -0.25) is 0 Å². The Bertz CT molecular complexity index is 449. The Kier molecular flexibility index (Phi) is 7.13. The Morgan fingerprint density at radius 2 is 2.00 bits per heavy atom. The molecule has 0 radical (unpaired) electrons. The number of ether oxygens (including phenoxy) is 2. The van der Waals surface area contributed by atoms with Crippen LogP contribution in [-0.4, -0.2) is 38.4 Å². The summed E-state index contributed by atoms with van der Waals surface area (Å²) >= 11 is 0. The van der Waals surface area contributed by atoms with Gasteiger partial charge in [-0.1, -0.05) is 6.07 Å². The van der Waals surface area contributed by atoms with Gasteiger partial charge in [-0.2, -0.15) is 0 Å². The number of nitrogens with one attached hydrogen (secondary N) is 2. The van der Waals surface area contributed by atoms with Crippen LogP contribution in [-0.2, 0) is 9.47 Å². The molecule has 2 amide bonds. The quantitative estimate of drug-likeness (QED) is 0.592. The average Bonchev–Trinajstić information content (AvgIpc) is 2.44. The lowest BCUT2D eigenvalue weighted by Gasteiger charge is -2.08. The van der Waals surface area contributed by atoms with Gasteiger partial charge in [0.1, 0.15) is 0 Å². The third-order valence-electron chi connectivity index (χ3n) is 2.37. The maximum Gasteiger partial charge on any atom is 0.338 e. The Balaban J connectivity index is 2.49. The molecule has 0 bridgehead atoms. The van der Waals surface area contributed by atoms with Gasteiger partial charge in [-0.25, -0.2) is 9.59 Å². The van der Waals surface area contributed by atoms with E-state index in [2.05, 4.69) is 10.6 Å². The molecule has 6 heteroatoms. The Morgan fingerprint density at radius 1 is 1.20 bits per heavy atom. The van der Waals surface area contributed by atoms with Crippen LogP contribution in [0.4, 0.5) is 10.5 Å². The van der Waals surface area contributed by atoms with Crippen molar-refractivity contribution >= 4 is 17.7 Å². The van der Waals surface area contributed by atoms with E-state index in [0.29, 0.717) is 37.6 Å². The Labute approximate surface area is 118 Å². The molecule has 0 atom stereocenters. The molecule has 1 aromatic carbocycles. The number of anilines is 1. The highest BCUT2D eigenvalue weighted by molar-refractivity contribution is 5.93. The van der Waals surface area contributed by atoms with Crippen LogP contribution in [0.3, 0.4) is 0 Å². The molecule has 20 heavy (non-hydrogen) atoms. The molecule has 0 aliphatic rings. The van der Waals surface area contributed by atoms with E-state index < -0.39 is 5.97 Å². The summed E-state index contributed by atoms with van der Waals surface area (Å²) < 4.78 is 10.0. The molecule has 1 rings (SSSR count). The fourth-order valence-corrected chi connectivity index (χ4v) is 1.49. The molecule has 0 heterocycles. The number of urea groups is 1. The van der Waals surface area contributed by atoms with Crippen molar-refractivity contribution in [3.8, 4) is 0 Å². The summed E-state index contributed by atoms with van der Waals surface area (Å²) in [7, 11) is 0. The monoisotopic (exact) mass is 280 g/mol. The first-order chi connectivity index (χ1) is 9.67. The van der Waals surface area contributed by atoms with Crippen LogP contribution in [0.5, 0.6) is 0 Å². The van der Waals surface area contributed by atoms with Crippen molar-refractivity contribution in [3.63, 3.8) is 0 Å². The van der Waals surface area contributed by atoms with Crippen molar-refractivity contribution in [1.82, 2.24) is 5.32 Å². The summed E-state index contributed by atoms with van der Waals surface area (Å²) in [4.78, 5) is 23.1. The summed E-state index contributed by atoms with van der Waals surface area (Å²) in [5.74, 6) is -0.409. The Morgan fingerprint density at radius 3 is 2.70 bits per heavy atom. The van der Waals surface area contributed by atoms with E-state index in [1.54, 1.807) is 31.2 Å². The molecule has 0 aliphatic carbocycles. The number of benzene rings is 1. The topological polar surface area (TPSA) is 76.7 Å². The van der Waals surface area contributed by atoms with Gasteiger partial charge in [-0.15, -0.1) is 0 Å². The second-order valence-electron chi connectivity index (χ2n) is 3.88. The van der Waals surface area contributed by atoms with E-state index in [-0.39, 0.29) is 6.03 Å². The van der Waals surface area contributed by atoms with Crippen molar-refractivity contribution < 1.29 is 19.1 Å². The summed E-state index contributed by atoms with van der Waals surface area (Å²) in [6.07, 6.45) is 0. The fourth-order valence-electron chi connectivity index (χ4n) is 1.49. The predicted octanol–water partition coefficient (Wildman–Crippen LogP) is 2.02. The predicted molar refractivity (Wildman–Crippen MR) is 75.9 cm³/mol. The molecule has 0 unspecified atom stereocenters. The van der Waals surface area contributed by atoms with E-state index in [0.717, 1.165) is 0 Å². The standard InChI is InChI=1S/C14H20N2O4/c1-3-19-9-8-15-14(18)16-12-7-5-6-11(10-12)13(17)20-4-2/h5-7,10H,3-4,8-9H2,1-2H3,(H2,15,16,18). The van der Waals surface area contributed by atoms with Crippen molar-refractivity contribution in [3.05, 3.63) is 29.8 Å². The van der Waals surface area contributed by atoms with Crippen LogP contribution >= 0.6 is 0 Å². The van der Waals surface area contributed by atoms with E-state index >= 15 is 0 Å². The third kappa shape index (κ3) is 5.71. The minimum absolute atomic E-state index is 0.314. The van der Waals surface area contributed by atoms with Crippen LogP contribution in [0.15, 0.2) is 24.3 Å². The molecule has 0 spiro atoms. The van der Waals surface area contributed by atoms with Gasteiger partial charge in [0.2, 0.25) is 0 Å². The van der Waals surface area contributed by atoms with E-state index in [1.807, 2.05) is 6.92 Å². The minimum Gasteiger partial charge on any atom is -0.462 e. The molecule has 0 aromatic heterocycles. The lowest BCUT2D eigenvalue weighted by molar-refractivity contribution is 0.0526. The highest BCUT2D eigenvalue weighted by atomic mass is 16.5. The highest BCUT2D eigenvalue weighted by Crippen LogP contribution is 2.11. The van der Waals surface area contributed by atoms with Gasteiger partial charge in [0.25, 0.3) is 0 Å². The van der Waals surface area contributed by atoms with E-state index in [1.165, 1.54) is 0 Å². The number of carbonyl (C=O) groups is 2. The maximum atomic E-state index is 11.6. The first kappa shape index (κ1) is 16.0. The zero-order valence-corrected chi connectivity index (χ0v) is 11.8. The van der Waals surface area contributed by atoms with Crippen LogP contribution in [0.2, 0.25) is 0 Å². The largest absolute Gasteiger partial charge is 0.462 e. The van der Waals surface area contributed by atoms with Crippen LogP contribution in [0.25, 0.3) is 0 Å². The van der Waals surface area contributed by atoms with Crippen molar-refractivity contribution in [2.45, 2.75) is 13.8 Å². The van der Waals surface area contributed by atoms with Crippen molar-refractivity contribution in [1.29, 1.82) is 0 Å². The van der Waals surface area contributed by atoms with Crippen molar-refractivity contribution in [2.24, 2.45) is 0 Å². The maximum absolute atomic E-state index is 11.6. The first-order valence-electron chi connectivity index (χ1n) is 6.57. The molecule has 110 valence electrons. The van der Waals surface area contributed by atoms with Gasteiger partial charge < -0.3 is 20.1 Å². The third-order valence-corrected chi connectivity index (χ3v) is 2.37. The van der Waals surface area contributed by atoms with Gasteiger partial charge in [-0.05, 0) is 32.0 Å². The molecule has 0 fully saturated rings. The second-order valence-corrected chi connectivity index (χ2v) is 3.88. The van der Waals surface area contributed by atoms with E-state index in [9.17, 15) is 9.59 Å². The molecular formula is C14H20N2O4. The van der Waals surface area contributed by atoms with Crippen LogP contribution < -0.4 is 10.6 Å². The second kappa shape index (κ2) is 8.92. The summed E-state index contributed by atoms with van der Waals surface area (Å²) in [6, 6.07) is 6.24.